The summed E-state index contributed by atoms with van der Waals surface area (Å²) in [5.41, 5.74) is 2.54. The van der Waals surface area contributed by atoms with Gasteiger partial charge in [-0.3, -0.25) is 4.55 Å². The number of fused-ring (bicyclic) bond motifs is 2. The van der Waals surface area contributed by atoms with Crippen LogP contribution >= 0.6 is 0 Å². The van der Waals surface area contributed by atoms with Gasteiger partial charge in [0, 0.05) is 6.54 Å². The highest BCUT2D eigenvalue weighted by atomic mass is 32.2. The summed E-state index contributed by atoms with van der Waals surface area (Å²) in [5, 5.41) is 24.5. The Morgan fingerprint density at radius 2 is 2.03 bits per heavy atom. The van der Waals surface area contributed by atoms with Gasteiger partial charge in [-0.15, -0.1) is 0 Å². The molecule has 3 aromatic rings. The molecular formula is C20H24N6O4S. The first-order valence-electron chi connectivity index (χ1n) is 10.2. The number of hydrogen-bond donors (Lipinski definition) is 5. The van der Waals surface area contributed by atoms with Crippen LogP contribution in [-0.2, 0) is 23.2 Å². The van der Waals surface area contributed by atoms with Crippen LogP contribution in [0.3, 0.4) is 0 Å². The number of hydrogen-bond acceptors (Lipinski definition) is 7. The molecule has 5 atom stereocenters. The molecule has 2 aliphatic rings. The van der Waals surface area contributed by atoms with E-state index in [1.54, 1.807) is 10.9 Å². The zero-order valence-electron chi connectivity index (χ0n) is 16.7. The van der Waals surface area contributed by atoms with Crippen LogP contribution in [0.2, 0.25) is 0 Å². The molecule has 0 aliphatic heterocycles. The van der Waals surface area contributed by atoms with Crippen LogP contribution in [0.1, 0.15) is 36.4 Å². The molecule has 2 heterocycles. The SMILES string of the molecule is O=S(O)NCC1(n2cnc3c(N[C@H]4CCc5ccccc54)ncnc32)CCC(O)C1O. The summed E-state index contributed by atoms with van der Waals surface area (Å²) in [6.45, 7) is -0.0252. The number of benzene rings is 1. The molecule has 164 valence electrons. The van der Waals surface area contributed by atoms with Crippen LogP contribution in [0, 0.1) is 0 Å². The van der Waals surface area contributed by atoms with Crippen molar-refractivity contribution in [2.45, 2.75) is 49.5 Å². The molecule has 5 rings (SSSR count). The fourth-order valence-corrected chi connectivity index (χ4v) is 5.30. The number of anilines is 1. The van der Waals surface area contributed by atoms with Crippen molar-refractivity contribution in [2.75, 3.05) is 11.9 Å². The first-order valence-corrected chi connectivity index (χ1v) is 11.3. The van der Waals surface area contributed by atoms with Crippen molar-refractivity contribution in [1.29, 1.82) is 0 Å². The second kappa shape index (κ2) is 7.92. The summed E-state index contributed by atoms with van der Waals surface area (Å²) < 4.78 is 24.7. The zero-order valence-corrected chi connectivity index (χ0v) is 17.5. The molecule has 10 nitrogen and oxygen atoms in total. The Morgan fingerprint density at radius 1 is 1.19 bits per heavy atom. The predicted octanol–water partition coefficient (Wildman–Crippen LogP) is 0.863. The minimum Gasteiger partial charge on any atom is -0.390 e. The van der Waals surface area contributed by atoms with Gasteiger partial charge in [0.25, 0.3) is 0 Å². The van der Waals surface area contributed by atoms with Crippen molar-refractivity contribution in [3.63, 3.8) is 0 Å². The number of imidazole rings is 1. The number of rotatable bonds is 6. The van der Waals surface area contributed by atoms with Gasteiger partial charge in [0.1, 0.15) is 17.9 Å². The summed E-state index contributed by atoms with van der Waals surface area (Å²) in [5.74, 6) is 0.590. The first-order chi connectivity index (χ1) is 15.0. The lowest BCUT2D eigenvalue weighted by molar-refractivity contribution is -0.0125. The van der Waals surface area contributed by atoms with E-state index in [9.17, 15) is 19.0 Å². The van der Waals surface area contributed by atoms with Crippen molar-refractivity contribution in [2.24, 2.45) is 0 Å². The molecule has 11 heteroatoms. The number of nitrogens with zero attached hydrogens (tertiary/aromatic N) is 4. The van der Waals surface area contributed by atoms with Gasteiger partial charge < -0.3 is 20.1 Å². The Bertz CT molecular complexity index is 1140. The molecule has 1 aromatic carbocycles. The second-order valence-corrected chi connectivity index (χ2v) is 8.96. The topological polar surface area (TPSA) is 145 Å². The van der Waals surface area contributed by atoms with Crippen LogP contribution in [0.15, 0.2) is 36.9 Å². The highest BCUT2D eigenvalue weighted by Gasteiger charge is 2.49. The standard InChI is InChI=1S/C20H24N6O4S/c27-15-7-8-20(17(15)28,9-24-31(29)30)26-11-23-16-18(21-10-22-19(16)26)25-14-6-5-12-3-1-2-4-13(12)14/h1-4,10-11,14-15,17,24,27-28H,5-9H2,(H,29,30)(H,21,22,25)/t14-,15?,17?,20?/m0/s1. The number of aryl methyl sites for hydroxylation is 1. The van der Waals surface area contributed by atoms with Crippen LogP contribution in [0.4, 0.5) is 5.82 Å². The Hall–Kier alpha value is -2.44. The lowest BCUT2D eigenvalue weighted by Gasteiger charge is -2.34. The summed E-state index contributed by atoms with van der Waals surface area (Å²) in [4.78, 5) is 13.3. The highest BCUT2D eigenvalue weighted by molar-refractivity contribution is 7.77. The van der Waals surface area contributed by atoms with E-state index < -0.39 is 29.0 Å². The van der Waals surface area contributed by atoms with E-state index in [-0.39, 0.29) is 12.6 Å². The van der Waals surface area contributed by atoms with Crippen LogP contribution in [-0.4, -0.2) is 57.2 Å². The highest BCUT2D eigenvalue weighted by Crippen LogP contribution is 2.40. The van der Waals surface area contributed by atoms with Crippen LogP contribution in [0.5, 0.6) is 0 Å². The fourth-order valence-electron chi connectivity index (χ4n) is 4.93. The maximum atomic E-state index is 11.3. The number of aromatic nitrogens is 4. The molecular weight excluding hydrogens is 420 g/mol. The average Bonchev–Trinajstić information content (AvgIpc) is 3.46. The molecule has 1 fully saturated rings. The lowest BCUT2D eigenvalue weighted by atomic mass is 9.94. The van der Waals surface area contributed by atoms with Gasteiger partial charge in [0.05, 0.1) is 24.0 Å². The van der Waals surface area contributed by atoms with Gasteiger partial charge in [-0.25, -0.2) is 23.9 Å². The molecule has 4 unspecified atom stereocenters. The van der Waals surface area contributed by atoms with Crippen molar-refractivity contribution in [1.82, 2.24) is 24.2 Å². The molecule has 0 saturated heterocycles. The van der Waals surface area contributed by atoms with Gasteiger partial charge in [0.15, 0.2) is 11.5 Å². The normalized spacial score (nSPS) is 28.7. The van der Waals surface area contributed by atoms with Gasteiger partial charge in [-0.2, -0.15) is 0 Å². The molecule has 5 N–H and O–H groups in total. The Morgan fingerprint density at radius 3 is 2.81 bits per heavy atom. The Kier molecular flexibility index (Phi) is 5.22. The first kappa shape index (κ1) is 20.5. The summed E-state index contributed by atoms with van der Waals surface area (Å²) in [6, 6.07) is 8.43. The van der Waals surface area contributed by atoms with Gasteiger partial charge in [-0.05, 0) is 36.8 Å². The third-order valence-corrected chi connectivity index (χ3v) is 6.94. The number of aliphatic hydroxyl groups excluding tert-OH is 2. The van der Waals surface area contributed by atoms with E-state index in [1.807, 2.05) is 12.1 Å². The lowest BCUT2D eigenvalue weighted by Crippen LogP contribution is -2.51. The molecule has 0 bridgehead atoms. The maximum Gasteiger partial charge on any atom is 0.231 e. The van der Waals surface area contributed by atoms with E-state index >= 15 is 0 Å². The van der Waals surface area contributed by atoms with Gasteiger partial charge in [-0.1, -0.05) is 24.3 Å². The van der Waals surface area contributed by atoms with Crippen molar-refractivity contribution < 1.29 is 19.0 Å². The number of nitrogens with one attached hydrogen (secondary N) is 2. The third kappa shape index (κ3) is 3.42. The molecule has 31 heavy (non-hydrogen) atoms. The minimum atomic E-state index is -2.26. The van der Waals surface area contributed by atoms with Gasteiger partial charge >= 0.3 is 0 Å². The van der Waals surface area contributed by atoms with Crippen LogP contribution < -0.4 is 10.0 Å². The molecule has 0 radical (unpaired) electrons. The van der Waals surface area contributed by atoms with Crippen molar-refractivity contribution in [3.05, 3.63) is 48.0 Å². The smallest absolute Gasteiger partial charge is 0.231 e. The quantitative estimate of drug-likeness (QED) is 0.352. The number of aliphatic hydroxyl groups is 2. The fraction of sp³-hybridized carbons (Fsp3) is 0.450. The van der Waals surface area contributed by atoms with Crippen molar-refractivity contribution >= 4 is 28.2 Å². The van der Waals surface area contributed by atoms with Crippen LogP contribution in [0.25, 0.3) is 11.2 Å². The predicted molar refractivity (Wildman–Crippen MR) is 114 cm³/mol. The van der Waals surface area contributed by atoms with E-state index in [0.29, 0.717) is 29.8 Å². The molecule has 0 spiro atoms. The van der Waals surface area contributed by atoms with Gasteiger partial charge in [0.2, 0.25) is 11.3 Å². The monoisotopic (exact) mass is 444 g/mol. The molecule has 2 aromatic heterocycles. The second-order valence-electron chi connectivity index (χ2n) is 8.17. The third-order valence-electron chi connectivity index (χ3n) is 6.55. The van der Waals surface area contributed by atoms with E-state index in [4.69, 9.17) is 0 Å². The maximum absolute atomic E-state index is 11.3. The summed E-state index contributed by atoms with van der Waals surface area (Å²) in [6.07, 6.45) is 3.60. The average molecular weight is 445 g/mol. The van der Waals surface area contributed by atoms with E-state index in [1.165, 1.54) is 17.5 Å². The molecule has 2 aliphatic carbocycles. The van der Waals surface area contributed by atoms with Crippen molar-refractivity contribution in [3.8, 4) is 0 Å². The van der Waals surface area contributed by atoms with E-state index in [0.717, 1.165) is 12.8 Å². The Labute approximate surface area is 181 Å². The molecule has 1 saturated carbocycles. The largest absolute Gasteiger partial charge is 0.390 e. The minimum absolute atomic E-state index is 0.0252. The molecule has 0 amide bonds. The summed E-state index contributed by atoms with van der Waals surface area (Å²) in [7, 11) is 0. The van der Waals surface area contributed by atoms with E-state index in [2.05, 4.69) is 37.1 Å². The Balaban J connectivity index is 1.52. The zero-order chi connectivity index (χ0) is 21.6. The summed E-state index contributed by atoms with van der Waals surface area (Å²) >= 11 is -2.26.